The average Bonchev–Trinajstić information content (AvgIpc) is 3.54. The molecule has 2 atom stereocenters. The number of pyridine rings is 1. The second-order valence-corrected chi connectivity index (χ2v) is 15.8. The molecule has 1 aromatic carbocycles. The number of nitrogens with zero attached hydrogens (tertiary/aromatic N) is 6. The molecule has 0 radical (unpaired) electrons. The second kappa shape index (κ2) is 13.4. The molecule has 2 unspecified atom stereocenters. The molecular formula is C35H51N7O3S. The summed E-state index contributed by atoms with van der Waals surface area (Å²) >= 11 is 1.65. The van der Waals surface area contributed by atoms with Crippen molar-refractivity contribution in [2.45, 2.75) is 82.0 Å². The van der Waals surface area contributed by atoms with Gasteiger partial charge in [-0.1, -0.05) is 39.0 Å². The second-order valence-electron chi connectivity index (χ2n) is 14.5. The fraction of sp³-hybridized carbons (Fsp3) is 0.600. The number of fused-ring (bicyclic) bond motifs is 1. The minimum atomic E-state index is -0.412. The van der Waals surface area contributed by atoms with Crippen LogP contribution in [0.3, 0.4) is 0 Å². The van der Waals surface area contributed by atoms with Gasteiger partial charge in [-0.2, -0.15) is 0 Å². The van der Waals surface area contributed by atoms with Gasteiger partial charge in [0.25, 0.3) is 0 Å². The zero-order valence-corrected chi connectivity index (χ0v) is 28.8. The molecule has 3 saturated heterocycles. The standard InChI is InChI=1S/C35H49N7O3S.H2/c1-35(2,3)16-22-41-32(44)29(46-33(41)26-9-6-7-10-27(26)39-18-12-24(13-19-39)38(4)5)23-30(43)40-20-14-25(15-21-40)42-28-11-8-17-36-31(28)37-34(42)45;/h6-11,17,24-25,29,33H,12-16,18-23H2,1-5H3,(H,36,37,45);1H. The Kier molecular flexibility index (Phi) is 9.53. The van der Waals surface area contributed by atoms with E-state index in [-0.39, 0.29) is 42.2 Å². The topological polar surface area (TPSA) is 97.8 Å². The van der Waals surface area contributed by atoms with Gasteiger partial charge in [-0.25, -0.2) is 9.78 Å². The molecule has 0 spiro atoms. The van der Waals surface area contributed by atoms with Crippen LogP contribution in [0.1, 0.15) is 77.7 Å². The van der Waals surface area contributed by atoms with Crippen LogP contribution in [0.2, 0.25) is 0 Å². The highest BCUT2D eigenvalue weighted by Crippen LogP contribution is 2.48. The van der Waals surface area contributed by atoms with Crippen molar-refractivity contribution in [1.29, 1.82) is 0 Å². The number of likely N-dealkylation sites (tertiary alicyclic amines) is 1. The van der Waals surface area contributed by atoms with E-state index in [0.717, 1.165) is 37.9 Å². The van der Waals surface area contributed by atoms with E-state index in [1.807, 2.05) is 21.9 Å². The van der Waals surface area contributed by atoms with E-state index in [2.05, 4.69) is 78.9 Å². The van der Waals surface area contributed by atoms with Gasteiger partial charge in [0, 0.05) is 70.1 Å². The van der Waals surface area contributed by atoms with Gasteiger partial charge < -0.3 is 19.6 Å². The predicted molar refractivity (Wildman–Crippen MR) is 187 cm³/mol. The molecule has 2 aromatic heterocycles. The lowest BCUT2D eigenvalue weighted by atomic mass is 9.92. The Balaban J connectivity index is 0.00000433. The Morgan fingerprint density at radius 3 is 2.43 bits per heavy atom. The van der Waals surface area contributed by atoms with Crippen LogP contribution >= 0.6 is 11.8 Å². The number of carbonyl (C=O) groups is 2. The van der Waals surface area contributed by atoms with Crippen molar-refractivity contribution in [2.75, 3.05) is 51.7 Å². The highest BCUT2D eigenvalue weighted by atomic mass is 32.2. The summed E-state index contributed by atoms with van der Waals surface area (Å²) in [6, 6.07) is 12.9. The molecule has 0 bridgehead atoms. The maximum absolute atomic E-state index is 14.1. The predicted octanol–water partition coefficient (Wildman–Crippen LogP) is 5.13. The fourth-order valence-electron chi connectivity index (χ4n) is 7.24. The van der Waals surface area contributed by atoms with Gasteiger partial charge in [-0.05, 0) is 69.8 Å². The third-order valence-corrected chi connectivity index (χ3v) is 11.5. The molecule has 250 valence electrons. The number of carbonyl (C=O) groups excluding carboxylic acids is 2. The first-order valence-electron chi connectivity index (χ1n) is 16.8. The molecule has 46 heavy (non-hydrogen) atoms. The summed E-state index contributed by atoms with van der Waals surface area (Å²) in [7, 11) is 4.32. The van der Waals surface area contributed by atoms with Crippen LogP contribution in [0.5, 0.6) is 0 Å². The van der Waals surface area contributed by atoms with Crippen molar-refractivity contribution in [3.05, 3.63) is 58.6 Å². The maximum atomic E-state index is 14.1. The Labute approximate surface area is 278 Å². The minimum absolute atomic E-state index is 0. The number of aromatic amines is 1. The van der Waals surface area contributed by atoms with Gasteiger partial charge in [-0.3, -0.25) is 19.1 Å². The average molecular weight is 650 g/mol. The summed E-state index contributed by atoms with van der Waals surface area (Å²) in [6.45, 7) is 10.4. The van der Waals surface area contributed by atoms with Crippen molar-refractivity contribution in [2.24, 2.45) is 5.41 Å². The molecule has 0 aliphatic carbocycles. The number of hydrogen-bond acceptors (Lipinski definition) is 7. The SMILES string of the molecule is CN(C)C1CCN(c2ccccc2C2SC(CC(=O)N3CCC(n4c(=O)[nH]c5ncccc54)CC3)C(=O)N2CCC(C)(C)C)CC1.[HH]. The zero-order valence-electron chi connectivity index (χ0n) is 27.9. The van der Waals surface area contributed by atoms with E-state index in [4.69, 9.17) is 0 Å². The lowest BCUT2D eigenvalue weighted by molar-refractivity contribution is -0.136. The fourth-order valence-corrected chi connectivity index (χ4v) is 8.74. The number of rotatable bonds is 8. The number of anilines is 1. The third kappa shape index (κ3) is 6.86. The lowest BCUT2D eigenvalue weighted by Gasteiger charge is -2.38. The van der Waals surface area contributed by atoms with Gasteiger partial charge in [0.15, 0.2) is 5.65 Å². The molecule has 0 saturated carbocycles. The van der Waals surface area contributed by atoms with Crippen LogP contribution in [0.15, 0.2) is 47.4 Å². The molecule has 3 aliphatic heterocycles. The van der Waals surface area contributed by atoms with E-state index in [1.165, 1.54) is 11.3 Å². The molecule has 3 aromatic rings. The van der Waals surface area contributed by atoms with Gasteiger partial charge >= 0.3 is 5.69 Å². The molecule has 3 aliphatic rings. The number of nitrogens with one attached hydrogen (secondary N) is 1. The van der Waals surface area contributed by atoms with Gasteiger partial charge in [-0.15, -0.1) is 11.8 Å². The highest BCUT2D eigenvalue weighted by molar-refractivity contribution is 8.01. The van der Waals surface area contributed by atoms with E-state index in [0.29, 0.717) is 44.2 Å². The number of benzene rings is 1. The highest BCUT2D eigenvalue weighted by Gasteiger charge is 2.44. The Bertz CT molecular complexity index is 1600. The van der Waals surface area contributed by atoms with Crippen molar-refractivity contribution in [1.82, 2.24) is 29.2 Å². The van der Waals surface area contributed by atoms with E-state index < -0.39 is 5.25 Å². The first kappa shape index (κ1) is 32.6. The largest absolute Gasteiger partial charge is 0.371 e. The van der Waals surface area contributed by atoms with Gasteiger partial charge in [0.2, 0.25) is 11.8 Å². The number of piperidine rings is 2. The smallest absolute Gasteiger partial charge is 0.327 e. The van der Waals surface area contributed by atoms with Crippen LogP contribution in [0.4, 0.5) is 5.69 Å². The Hall–Kier alpha value is -3.31. The van der Waals surface area contributed by atoms with Crippen LogP contribution in [0.25, 0.3) is 11.2 Å². The van der Waals surface area contributed by atoms with Crippen LogP contribution < -0.4 is 10.6 Å². The quantitative estimate of drug-likeness (QED) is 0.361. The van der Waals surface area contributed by atoms with E-state index in [1.54, 1.807) is 22.5 Å². The number of hydrogen-bond donors (Lipinski definition) is 1. The molecule has 5 heterocycles. The Morgan fingerprint density at radius 1 is 1.02 bits per heavy atom. The first-order valence-corrected chi connectivity index (χ1v) is 17.7. The molecular weight excluding hydrogens is 598 g/mol. The normalized spacial score (nSPS) is 22.0. The number of amides is 2. The number of thioether (sulfide) groups is 1. The van der Waals surface area contributed by atoms with Crippen molar-refractivity contribution in [3.8, 4) is 0 Å². The van der Waals surface area contributed by atoms with E-state index in [9.17, 15) is 14.4 Å². The number of imidazole rings is 1. The number of H-pyrrole nitrogens is 1. The summed E-state index contributed by atoms with van der Waals surface area (Å²) in [5.41, 5.74) is 3.71. The number of aromatic nitrogens is 3. The van der Waals surface area contributed by atoms with Crippen molar-refractivity contribution >= 4 is 40.4 Å². The minimum Gasteiger partial charge on any atom is -0.371 e. The van der Waals surface area contributed by atoms with Crippen LogP contribution in [0, 0.1) is 5.41 Å². The summed E-state index contributed by atoms with van der Waals surface area (Å²) in [5.74, 6) is 0.0918. The van der Waals surface area contributed by atoms with Crippen LogP contribution in [-0.2, 0) is 9.59 Å². The van der Waals surface area contributed by atoms with Crippen LogP contribution in [-0.4, -0.2) is 99.2 Å². The zero-order chi connectivity index (χ0) is 32.6. The lowest BCUT2D eigenvalue weighted by Crippen LogP contribution is -2.43. The molecule has 10 nitrogen and oxygen atoms in total. The molecule has 6 rings (SSSR count). The number of para-hydroxylation sites is 1. The molecule has 3 fully saturated rings. The molecule has 2 amide bonds. The summed E-state index contributed by atoms with van der Waals surface area (Å²) < 4.78 is 1.79. The summed E-state index contributed by atoms with van der Waals surface area (Å²) in [4.78, 5) is 56.3. The maximum Gasteiger partial charge on any atom is 0.327 e. The third-order valence-electron chi connectivity index (χ3n) is 10.0. The van der Waals surface area contributed by atoms with Gasteiger partial charge in [0.05, 0.1) is 10.8 Å². The summed E-state index contributed by atoms with van der Waals surface area (Å²) in [5, 5.41) is -0.534. The van der Waals surface area contributed by atoms with Crippen molar-refractivity contribution in [3.63, 3.8) is 0 Å². The van der Waals surface area contributed by atoms with E-state index >= 15 is 0 Å². The molecule has 1 N–H and O–H groups in total. The van der Waals surface area contributed by atoms with Gasteiger partial charge in [0.1, 0.15) is 5.37 Å². The first-order chi connectivity index (χ1) is 22.0. The van der Waals surface area contributed by atoms with Crippen molar-refractivity contribution < 1.29 is 11.0 Å². The molecule has 11 heteroatoms. The monoisotopic (exact) mass is 649 g/mol. The summed E-state index contributed by atoms with van der Waals surface area (Å²) in [6.07, 6.45) is 6.38. The Morgan fingerprint density at radius 2 is 1.74 bits per heavy atom.